The van der Waals surface area contributed by atoms with Gasteiger partial charge < -0.3 is 53.6 Å². The first-order valence-corrected chi connectivity index (χ1v) is 16.0. The average Bonchev–Trinajstić information content (AvgIpc) is 3.03. The van der Waals surface area contributed by atoms with E-state index >= 15 is 0 Å². The fourth-order valence-electron chi connectivity index (χ4n) is 3.41. The molecule has 0 aliphatic rings. The number of rotatable bonds is 32. The van der Waals surface area contributed by atoms with Crippen LogP contribution >= 0.6 is 0 Å². The first-order valence-electron chi connectivity index (χ1n) is 16.0. The normalized spacial score (nSPS) is 13.1. The zero-order valence-corrected chi connectivity index (χ0v) is 27.6. The number of ether oxygens (including phenoxy) is 8. The first-order chi connectivity index (χ1) is 21.8. The van der Waals surface area contributed by atoms with Gasteiger partial charge >= 0.3 is 12.1 Å². The number of aliphatic hydroxyl groups is 1. The number of carbonyl (C=O) groups is 3. The first kappa shape index (κ1) is 42.7. The van der Waals surface area contributed by atoms with Crippen molar-refractivity contribution in [3.8, 4) is 0 Å². The Bertz CT molecular complexity index is 743. The summed E-state index contributed by atoms with van der Waals surface area (Å²) in [4.78, 5) is 34.7. The Morgan fingerprint density at radius 1 is 0.689 bits per heavy atom. The minimum Gasteiger partial charge on any atom is -0.463 e. The van der Waals surface area contributed by atoms with Crippen LogP contribution in [0.2, 0.25) is 0 Å². The van der Waals surface area contributed by atoms with Crippen LogP contribution < -0.4 is 10.6 Å². The van der Waals surface area contributed by atoms with Crippen LogP contribution in [-0.2, 0) is 47.5 Å². The van der Waals surface area contributed by atoms with Gasteiger partial charge in [-0.25, -0.2) is 4.79 Å². The fraction of sp³-hybridized carbons (Fsp3) is 0.839. The predicted octanol–water partition coefficient (Wildman–Crippen LogP) is 2.50. The predicted molar refractivity (Wildman–Crippen MR) is 167 cm³/mol. The van der Waals surface area contributed by atoms with Crippen molar-refractivity contribution in [2.75, 3.05) is 85.8 Å². The van der Waals surface area contributed by atoms with Gasteiger partial charge in [0, 0.05) is 45.9 Å². The molecule has 0 saturated heterocycles. The zero-order chi connectivity index (χ0) is 33.4. The highest BCUT2D eigenvalue weighted by Gasteiger charge is 2.07. The van der Waals surface area contributed by atoms with Gasteiger partial charge in [0.2, 0.25) is 5.91 Å². The van der Waals surface area contributed by atoms with E-state index in [4.69, 9.17) is 37.9 Å². The lowest BCUT2D eigenvalue weighted by molar-refractivity contribution is -0.147. The summed E-state index contributed by atoms with van der Waals surface area (Å²) in [6.07, 6.45) is 4.81. The molecule has 14 heteroatoms. The maximum Gasteiger partial charge on any atom is 0.407 e. The maximum absolute atomic E-state index is 11.8. The van der Waals surface area contributed by atoms with Crippen molar-refractivity contribution in [2.45, 2.75) is 84.2 Å². The van der Waals surface area contributed by atoms with Gasteiger partial charge in [-0.3, -0.25) is 9.59 Å². The number of carbonyl (C=O) groups excluding carboxylic acids is 3. The molecule has 264 valence electrons. The van der Waals surface area contributed by atoms with Crippen molar-refractivity contribution in [2.24, 2.45) is 0 Å². The summed E-state index contributed by atoms with van der Waals surface area (Å²) >= 11 is 0. The smallest absolute Gasteiger partial charge is 0.407 e. The molecule has 0 rings (SSSR count). The number of hydrogen-bond donors (Lipinski definition) is 3. The van der Waals surface area contributed by atoms with Crippen LogP contribution in [0.3, 0.4) is 0 Å². The third-order valence-electron chi connectivity index (χ3n) is 5.90. The maximum atomic E-state index is 11.8. The van der Waals surface area contributed by atoms with Crippen LogP contribution in [0.25, 0.3) is 0 Å². The number of hydrogen-bond acceptors (Lipinski definition) is 12. The summed E-state index contributed by atoms with van der Waals surface area (Å²) in [6, 6.07) is 0. The standard InChI is InChI=1S/C31H58N2O12/c1-5-29(35)44-23-26(3)41-17-11-15-38-19-20-40-25-28(34)32-13-9-7-8-10-14-33-31(37)43-22-21-39-16-12-18-42-27(4)24-45-30(36)6-2/h5,26-27,29,35H,1,6-25H2,2-4H3,(H,32,34)(H,33,37). The highest BCUT2D eigenvalue weighted by Crippen LogP contribution is 2.00. The summed E-state index contributed by atoms with van der Waals surface area (Å²) in [5.74, 6) is -0.404. The Hall–Kier alpha value is -2.33. The molecule has 0 heterocycles. The molecule has 0 aromatic heterocycles. The monoisotopic (exact) mass is 650 g/mol. The Kier molecular flexibility index (Phi) is 30.0. The number of esters is 1. The van der Waals surface area contributed by atoms with Crippen LogP contribution in [0.5, 0.6) is 0 Å². The molecule has 14 nitrogen and oxygen atoms in total. The van der Waals surface area contributed by atoms with Gasteiger partial charge in [0.25, 0.3) is 0 Å². The summed E-state index contributed by atoms with van der Waals surface area (Å²) < 4.78 is 42.5. The van der Waals surface area contributed by atoms with Gasteiger partial charge in [-0.1, -0.05) is 26.3 Å². The lowest BCUT2D eigenvalue weighted by Gasteiger charge is -2.15. The van der Waals surface area contributed by atoms with Crippen LogP contribution in [0.1, 0.15) is 65.7 Å². The molecule has 3 atom stereocenters. The number of amides is 2. The number of aliphatic hydroxyl groups excluding tert-OH is 1. The molecule has 0 saturated carbocycles. The van der Waals surface area contributed by atoms with Crippen LogP contribution in [0, 0.1) is 0 Å². The van der Waals surface area contributed by atoms with Crippen molar-refractivity contribution in [3.63, 3.8) is 0 Å². The molecule has 0 spiro atoms. The highest BCUT2D eigenvalue weighted by molar-refractivity contribution is 5.77. The molecule has 0 aliphatic carbocycles. The Labute approximate surface area is 268 Å². The second-order valence-electron chi connectivity index (χ2n) is 10.2. The van der Waals surface area contributed by atoms with E-state index in [9.17, 15) is 19.5 Å². The fourth-order valence-corrected chi connectivity index (χ4v) is 3.41. The van der Waals surface area contributed by atoms with Crippen LogP contribution in [0.15, 0.2) is 12.7 Å². The van der Waals surface area contributed by atoms with Crippen LogP contribution in [-0.4, -0.2) is 127 Å². The van der Waals surface area contributed by atoms with Crippen molar-refractivity contribution in [1.29, 1.82) is 0 Å². The van der Waals surface area contributed by atoms with E-state index in [0.717, 1.165) is 25.7 Å². The second-order valence-corrected chi connectivity index (χ2v) is 10.2. The molecule has 2 amide bonds. The van der Waals surface area contributed by atoms with E-state index in [1.165, 1.54) is 6.08 Å². The third-order valence-corrected chi connectivity index (χ3v) is 5.90. The molecule has 0 aliphatic heterocycles. The number of nitrogens with one attached hydrogen (secondary N) is 2. The quantitative estimate of drug-likeness (QED) is 0.0422. The third kappa shape index (κ3) is 31.4. The zero-order valence-electron chi connectivity index (χ0n) is 27.6. The van der Waals surface area contributed by atoms with E-state index in [-0.39, 0.29) is 50.5 Å². The van der Waals surface area contributed by atoms with Crippen LogP contribution in [0.4, 0.5) is 4.79 Å². The minimum atomic E-state index is -0.981. The van der Waals surface area contributed by atoms with Gasteiger partial charge in [-0.05, 0) is 45.6 Å². The SMILES string of the molecule is C=CC(O)OCC(C)OCCCOCCOCC(=O)NCCCCCCNC(=O)OCCOCCCOC(C)COC(=O)CC. The van der Waals surface area contributed by atoms with Crippen molar-refractivity contribution in [3.05, 3.63) is 12.7 Å². The Morgan fingerprint density at radius 2 is 1.27 bits per heavy atom. The topological polar surface area (TPSA) is 169 Å². The second kappa shape index (κ2) is 31.6. The van der Waals surface area contributed by atoms with Gasteiger partial charge in [0.15, 0.2) is 6.29 Å². The molecule has 0 bridgehead atoms. The largest absolute Gasteiger partial charge is 0.463 e. The van der Waals surface area contributed by atoms with Crippen molar-refractivity contribution < 1.29 is 57.4 Å². The molecular weight excluding hydrogens is 592 g/mol. The molecule has 0 aromatic carbocycles. The van der Waals surface area contributed by atoms with E-state index in [1.807, 2.05) is 13.8 Å². The van der Waals surface area contributed by atoms with E-state index in [1.54, 1.807) is 6.92 Å². The highest BCUT2D eigenvalue weighted by atomic mass is 16.6. The Balaban J connectivity index is 3.37. The summed E-state index contributed by atoms with van der Waals surface area (Å²) in [7, 11) is 0. The molecule has 0 aromatic rings. The minimum absolute atomic E-state index is 0.00953. The summed E-state index contributed by atoms with van der Waals surface area (Å²) in [6.45, 7) is 13.7. The molecule has 3 unspecified atom stereocenters. The average molecular weight is 651 g/mol. The molecular formula is C31H58N2O12. The molecule has 3 N–H and O–H groups in total. The lowest BCUT2D eigenvalue weighted by Crippen LogP contribution is -2.29. The van der Waals surface area contributed by atoms with E-state index in [2.05, 4.69) is 17.2 Å². The van der Waals surface area contributed by atoms with Gasteiger partial charge in [-0.2, -0.15) is 0 Å². The van der Waals surface area contributed by atoms with Crippen molar-refractivity contribution in [1.82, 2.24) is 10.6 Å². The number of unbranched alkanes of at least 4 members (excludes halogenated alkanes) is 3. The Morgan fingerprint density at radius 3 is 1.89 bits per heavy atom. The molecule has 0 radical (unpaired) electrons. The van der Waals surface area contributed by atoms with E-state index < -0.39 is 12.4 Å². The molecule has 45 heavy (non-hydrogen) atoms. The van der Waals surface area contributed by atoms with Gasteiger partial charge in [0.05, 0.1) is 38.6 Å². The van der Waals surface area contributed by atoms with Gasteiger partial charge in [-0.15, -0.1) is 0 Å². The van der Waals surface area contributed by atoms with Crippen molar-refractivity contribution >= 4 is 18.0 Å². The lowest BCUT2D eigenvalue weighted by atomic mass is 10.2. The summed E-state index contributed by atoms with van der Waals surface area (Å²) in [5, 5.41) is 14.8. The molecule has 0 fully saturated rings. The summed E-state index contributed by atoms with van der Waals surface area (Å²) in [5.41, 5.74) is 0. The number of alkyl carbamates (subject to hydrolysis) is 1. The van der Waals surface area contributed by atoms with E-state index in [0.29, 0.717) is 78.6 Å². The van der Waals surface area contributed by atoms with Gasteiger partial charge in [0.1, 0.15) is 19.8 Å².